The lowest BCUT2D eigenvalue weighted by atomic mass is 9.83. The zero-order valence-corrected chi connectivity index (χ0v) is 47.5. The van der Waals surface area contributed by atoms with Gasteiger partial charge in [-0.3, -0.25) is 28.0 Å². The minimum Gasteiger partial charge on any atom is -0.462 e. The molecule has 442 valence electrons. The van der Waals surface area contributed by atoms with E-state index in [1.807, 2.05) is 6.92 Å². The lowest BCUT2D eigenvalue weighted by molar-refractivity contribution is -0.183. The molecule has 2 aliphatic heterocycles. The van der Waals surface area contributed by atoms with E-state index < -0.39 is 120 Å². The molecule has 0 radical (unpaired) electrons. The van der Waals surface area contributed by atoms with Crippen molar-refractivity contribution in [3.8, 4) is 0 Å². The van der Waals surface area contributed by atoms with E-state index in [4.69, 9.17) is 29.0 Å². The monoisotopic (exact) mass is 1140 g/mol. The molecule has 3 rings (SSSR count). The number of fused-ring (bicyclic) bond motifs is 3. The van der Waals surface area contributed by atoms with Crippen LogP contribution in [0.1, 0.15) is 174 Å². The van der Waals surface area contributed by atoms with Crippen molar-refractivity contribution in [1.82, 2.24) is 9.55 Å². The molecule has 0 aromatic carbocycles. The first-order valence-electron chi connectivity index (χ1n) is 27.9. The number of allylic oxidation sites excluding steroid dienone is 8. The number of hydrogen-bond donors (Lipinski definition) is 7. The molecule has 11 atom stereocenters. The van der Waals surface area contributed by atoms with E-state index in [0.29, 0.717) is 19.3 Å². The Labute approximate surface area is 460 Å². The summed E-state index contributed by atoms with van der Waals surface area (Å²) in [6, 6.07) is 1.21. The standard InChI is InChI=1S/C55H89N3O18P2/c1-3-5-7-8-9-10-11-12-13-14-15-16-17-18-19-20-21-22-23-29-33-51(63)74-43-39-71-50(62)32-28-25-24-27-31-45-47(61)38-46(60)44(35-34-42(59)30-26-6-4-2)52(64)53(65)48(41-73-78(69,70)76-77(67,68)72-40-43)75-54(45)58-37-36-49(56)57-55(58)66/h10-11,13-14,16-17,24,27,34-37,42-46,48,52-54,59-60,64-65H,3-9,12,15,18-23,25-26,28-33,38-41H2,1-2H3,(H,67,68)(H,69,70)(H2,56,57,66)/b11-10-,14-13-,17-16-,27-24-,35-34+/t42-,43+,44-,45-,46+,48+,52-,53+,54+/m0/s1. The molecule has 1 fully saturated rings. The van der Waals surface area contributed by atoms with Gasteiger partial charge in [0.05, 0.1) is 37.4 Å². The number of anilines is 1. The number of carbonyl (C=O) groups excluding carboxylic acids is 3. The van der Waals surface area contributed by atoms with Crippen LogP contribution in [0.25, 0.3) is 0 Å². The van der Waals surface area contributed by atoms with Crippen molar-refractivity contribution in [1.29, 1.82) is 0 Å². The average Bonchev–Trinajstić information content (AvgIpc) is 3.39. The Morgan fingerprint density at radius 2 is 1.44 bits per heavy atom. The maximum atomic E-state index is 14.3. The van der Waals surface area contributed by atoms with E-state index in [1.165, 1.54) is 43.9 Å². The molecule has 1 aromatic heterocycles. The summed E-state index contributed by atoms with van der Waals surface area (Å²) in [6.45, 7) is 1.41. The summed E-state index contributed by atoms with van der Waals surface area (Å²) in [6.07, 6.45) is 24.5. The number of aromatic nitrogens is 2. The zero-order chi connectivity index (χ0) is 57.2. The number of carbonyl (C=O) groups is 3. The number of ketones is 1. The Balaban J connectivity index is 1.71. The number of rotatable bonds is 26. The number of phosphoric ester groups is 2. The van der Waals surface area contributed by atoms with Gasteiger partial charge in [-0.1, -0.05) is 139 Å². The first kappa shape index (κ1) is 68.3. The summed E-state index contributed by atoms with van der Waals surface area (Å²) in [5.41, 5.74) is 4.73. The zero-order valence-electron chi connectivity index (χ0n) is 45.7. The summed E-state index contributed by atoms with van der Waals surface area (Å²) in [7, 11) is -11.3. The minimum atomic E-state index is -5.73. The van der Waals surface area contributed by atoms with Gasteiger partial charge in [0.15, 0.2) is 6.10 Å². The Morgan fingerprint density at radius 1 is 0.821 bits per heavy atom. The lowest BCUT2D eigenvalue weighted by Crippen LogP contribution is -2.51. The van der Waals surface area contributed by atoms with Crippen molar-refractivity contribution in [2.24, 2.45) is 11.8 Å². The minimum absolute atomic E-state index is 0.0215. The van der Waals surface area contributed by atoms with E-state index in [2.05, 4.69) is 52.7 Å². The van der Waals surface area contributed by atoms with Crippen molar-refractivity contribution < 1.29 is 81.3 Å². The number of nitrogens with zero attached hydrogens (tertiary/aromatic N) is 2. The fourth-order valence-corrected chi connectivity index (χ4v) is 10.8. The fraction of sp³-hybridized carbons (Fsp3) is 0.691. The Hall–Kier alpha value is -3.95. The summed E-state index contributed by atoms with van der Waals surface area (Å²) in [4.78, 5) is 78.6. The number of unbranched alkanes of at least 4 members (excludes halogenated alkanes) is 12. The van der Waals surface area contributed by atoms with Crippen LogP contribution in [-0.2, 0) is 51.1 Å². The molecule has 0 spiro atoms. The molecule has 78 heavy (non-hydrogen) atoms. The third-order valence-corrected chi connectivity index (χ3v) is 15.8. The van der Waals surface area contributed by atoms with Gasteiger partial charge in [-0.25, -0.2) is 13.9 Å². The van der Waals surface area contributed by atoms with Gasteiger partial charge in [0.2, 0.25) is 0 Å². The van der Waals surface area contributed by atoms with E-state index in [9.17, 15) is 58.5 Å². The van der Waals surface area contributed by atoms with E-state index in [1.54, 1.807) is 12.2 Å². The van der Waals surface area contributed by atoms with Gasteiger partial charge < -0.3 is 50.2 Å². The average molecular weight is 1140 g/mol. The maximum absolute atomic E-state index is 14.3. The summed E-state index contributed by atoms with van der Waals surface area (Å²) >= 11 is 0. The number of hydrogen-bond acceptors (Lipinski definition) is 18. The largest absolute Gasteiger partial charge is 0.481 e. The Morgan fingerprint density at radius 3 is 2.10 bits per heavy atom. The van der Waals surface area contributed by atoms with Crippen molar-refractivity contribution in [3.63, 3.8) is 0 Å². The maximum Gasteiger partial charge on any atom is 0.481 e. The smallest absolute Gasteiger partial charge is 0.462 e. The molecular weight excluding hydrogens is 1050 g/mol. The quantitative estimate of drug-likeness (QED) is 0.0197. The number of ether oxygens (including phenoxy) is 3. The van der Waals surface area contributed by atoms with E-state index in [0.717, 1.165) is 81.4 Å². The highest BCUT2D eigenvalue weighted by atomic mass is 31.3. The number of nitrogen functional groups attached to an aromatic ring is 1. The van der Waals surface area contributed by atoms with Gasteiger partial charge in [0.1, 0.15) is 36.6 Å². The molecule has 1 saturated heterocycles. The van der Waals surface area contributed by atoms with Gasteiger partial charge >= 0.3 is 33.3 Å². The molecule has 8 N–H and O–H groups in total. The molecule has 21 nitrogen and oxygen atoms in total. The van der Waals surface area contributed by atoms with Crippen LogP contribution in [0.4, 0.5) is 5.82 Å². The fourth-order valence-electron chi connectivity index (χ4n) is 8.72. The van der Waals surface area contributed by atoms with Gasteiger partial charge in [-0.05, 0) is 76.7 Å². The molecule has 3 heterocycles. The molecule has 1 aromatic rings. The second-order valence-corrected chi connectivity index (χ2v) is 22.9. The van der Waals surface area contributed by atoms with Gasteiger partial charge in [0.25, 0.3) is 0 Å². The third kappa shape index (κ3) is 28.5. The molecule has 2 bridgehead atoms. The first-order chi connectivity index (χ1) is 37.4. The normalized spacial score (nSPS) is 28.7. The van der Waals surface area contributed by atoms with E-state index in [-0.39, 0.29) is 37.9 Å². The van der Waals surface area contributed by atoms with Crippen LogP contribution >= 0.6 is 15.6 Å². The molecular formula is C55H89N3O18P2. The van der Waals surface area contributed by atoms with Crippen LogP contribution in [0, 0.1) is 11.8 Å². The molecule has 2 aliphatic rings. The number of nitrogens with two attached hydrogens (primary N) is 1. The SMILES string of the molecule is CCCCCC/C=C\C/C=C\C/C=C\CCCCCCCCC(=O)O[C@@H]1COC(=O)CCC/C=C\C[C@H]2C(=O)C[C@@H](O)[C@H](/C=C/[C@@H](O)CCCCC)[C@H](O)[C@H](O)[C@@H](COP(=O)(O)OP(=O)(O)OC1)O[C@H]2n1ccc(N)nc1=O. The first-order valence-corrected chi connectivity index (χ1v) is 30.9. The Bertz CT molecular complexity index is 2220. The summed E-state index contributed by atoms with van der Waals surface area (Å²) in [5, 5.41) is 45.6. The predicted molar refractivity (Wildman–Crippen MR) is 294 cm³/mol. The summed E-state index contributed by atoms with van der Waals surface area (Å²) in [5.74, 6) is -5.18. The molecule has 0 saturated carbocycles. The molecule has 23 heteroatoms. The highest BCUT2D eigenvalue weighted by Crippen LogP contribution is 2.60. The number of phosphoric acid groups is 2. The predicted octanol–water partition coefficient (Wildman–Crippen LogP) is 8.87. The van der Waals surface area contributed by atoms with Crippen LogP contribution in [0.2, 0.25) is 0 Å². The van der Waals surface area contributed by atoms with Crippen molar-refractivity contribution in [3.05, 3.63) is 83.5 Å². The highest BCUT2D eigenvalue weighted by Gasteiger charge is 2.45. The van der Waals surface area contributed by atoms with Crippen LogP contribution in [0.3, 0.4) is 0 Å². The van der Waals surface area contributed by atoms with Crippen LogP contribution in [0.15, 0.2) is 77.8 Å². The lowest BCUT2D eigenvalue weighted by Gasteiger charge is -2.38. The van der Waals surface area contributed by atoms with E-state index >= 15 is 0 Å². The second-order valence-electron chi connectivity index (χ2n) is 19.9. The number of cyclic esters (lactones) is 1. The third-order valence-electron chi connectivity index (χ3n) is 13.2. The van der Waals surface area contributed by atoms with Crippen molar-refractivity contribution in [2.45, 2.75) is 211 Å². The molecule has 2 unspecified atom stereocenters. The number of Topliss-reactive ketones (excluding diaryl/α,β-unsaturated/α-hetero) is 1. The van der Waals surface area contributed by atoms with Gasteiger partial charge in [-0.15, -0.1) is 0 Å². The number of esters is 2. The van der Waals surface area contributed by atoms with Crippen molar-refractivity contribution >= 4 is 39.2 Å². The van der Waals surface area contributed by atoms with Crippen LogP contribution in [-0.4, -0.2) is 114 Å². The topological polar surface area (TPSA) is 323 Å². The van der Waals surface area contributed by atoms with Crippen molar-refractivity contribution in [2.75, 3.05) is 25.6 Å². The van der Waals surface area contributed by atoms with Gasteiger partial charge in [0, 0.05) is 31.4 Å². The van der Waals surface area contributed by atoms with Crippen LogP contribution in [0.5, 0.6) is 0 Å². The number of aliphatic hydroxyl groups excluding tert-OH is 4. The Kier molecular flexibility index (Phi) is 33.9. The van der Waals surface area contributed by atoms with Gasteiger partial charge in [-0.2, -0.15) is 9.29 Å². The molecule has 0 amide bonds. The number of aliphatic hydroxyl groups is 4. The van der Waals surface area contributed by atoms with Crippen LogP contribution < -0.4 is 11.4 Å². The second kappa shape index (κ2) is 38.7. The molecule has 0 aliphatic carbocycles. The highest BCUT2D eigenvalue weighted by molar-refractivity contribution is 7.61. The summed E-state index contributed by atoms with van der Waals surface area (Å²) < 4.78 is 59.0.